The largest absolute Gasteiger partial charge is 0.478 e. The summed E-state index contributed by atoms with van der Waals surface area (Å²) in [6.45, 7) is 9.62. The van der Waals surface area contributed by atoms with Crippen molar-refractivity contribution in [3.8, 4) is 0 Å². The highest BCUT2D eigenvalue weighted by Gasteiger charge is 2.23. The van der Waals surface area contributed by atoms with Crippen molar-refractivity contribution < 1.29 is 18.3 Å². The van der Waals surface area contributed by atoms with Gasteiger partial charge in [0.2, 0.25) is 10.0 Å². The fraction of sp³-hybridized carbons (Fsp3) is 0.611. The molecule has 0 aliphatic heterocycles. The van der Waals surface area contributed by atoms with Crippen molar-refractivity contribution in [3.63, 3.8) is 0 Å². The molecule has 0 saturated heterocycles. The molecule has 0 atom stereocenters. The van der Waals surface area contributed by atoms with Gasteiger partial charge in [0.15, 0.2) is 0 Å². The van der Waals surface area contributed by atoms with Crippen LogP contribution in [0.3, 0.4) is 0 Å². The molecular weight excluding hydrogens is 368 g/mol. The van der Waals surface area contributed by atoms with Gasteiger partial charge in [-0.05, 0) is 55.0 Å². The first-order chi connectivity index (χ1) is 12.7. The second kappa shape index (κ2) is 13.1. The molecule has 0 amide bonds. The van der Waals surface area contributed by atoms with Crippen molar-refractivity contribution in [2.75, 3.05) is 19.6 Å². The Kier molecular flexibility index (Phi) is 12.1. The number of carboxylic acid groups (broad SMARTS) is 1. The highest BCUT2D eigenvalue weighted by atomic mass is 32.2. The first-order valence-electron chi connectivity index (χ1n) is 9.04. The van der Waals surface area contributed by atoms with Crippen LogP contribution in [0.25, 0.3) is 10.4 Å². The molecule has 0 heterocycles. The topological polar surface area (TPSA) is 123 Å². The predicted molar refractivity (Wildman–Crippen MR) is 106 cm³/mol. The van der Waals surface area contributed by atoms with E-state index in [4.69, 9.17) is 10.6 Å². The van der Waals surface area contributed by atoms with Gasteiger partial charge < -0.3 is 5.11 Å². The molecule has 1 aromatic rings. The Morgan fingerprint density at radius 2 is 1.70 bits per heavy atom. The molecule has 0 bridgehead atoms. The average Bonchev–Trinajstić information content (AvgIpc) is 2.62. The Bertz CT molecular complexity index is 705. The smallest absolute Gasteiger partial charge is 0.335 e. The van der Waals surface area contributed by atoms with Gasteiger partial charge in [0.25, 0.3) is 0 Å². The van der Waals surface area contributed by atoms with E-state index in [0.717, 1.165) is 19.3 Å². The third kappa shape index (κ3) is 9.42. The number of carboxylic acids is 1. The molecule has 0 aromatic heterocycles. The standard InChI is InChI=1S/C13H19NO4S.C5H11N3/c1-3-9-14(10-4-2)19(17,18)12-7-5-11(6-8-12)13(15)16;1-5(2)3-4-7-8-6/h5-8H,3-4,9-10H2,1-2H3,(H,15,16);5H,3-4H2,1-2H3. The molecule has 0 fully saturated rings. The number of aromatic carboxylic acids is 1. The third-order valence-corrected chi connectivity index (χ3v) is 5.47. The number of carbonyl (C=O) groups is 1. The second-order valence-electron chi connectivity index (χ2n) is 6.37. The predicted octanol–water partition coefficient (Wildman–Crippen LogP) is 4.54. The van der Waals surface area contributed by atoms with Crippen molar-refractivity contribution in [3.05, 3.63) is 40.3 Å². The summed E-state index contributed by atoms with van der Waals surface area (Å²) >= 11 is 0. The molecule has 0 aliphatic carbocycles. The van der Waals surface area contributed by atoms with Crippen molar-refractivity contribution in [2.45, 2.75) is 51.9 Å². The number of benzene rings is 1. The van der Waals surface area contributed by atoms with E-state index in [2.05, 4.69) is 23.9 Å². The van der Waals surface area contributed by atoms with Gasteiger partial charge in [-0.3, -0.25) is 0 Å². The van der Waals surface area contributed by atoms with Crippen molar-refractivity contribution in [1.29, 1.82) is 0 Å². The monoisotopic (exact) mass is 398 g/mol. The van der Waals surface area contributed by atoms with Crippen LogP contribution in [-0.2, 0) is 10.0 Å². The Hall–Kier alpha value is -2.09. The Labute approximate surface area is 161 Å². The maximum Gasteiger partial charge on any atom is 0.335 e. The molecule has 0 aliphatic rings. The number of hydrogen-bond acceptors (Lipinski definition) is 4. The van der Waals surface area contributed by atoms with Gasteiger partial charge in [-0.15, -0.1) is 0 Å². The van der Waals surface area contributed by atoms with Gasteiger partial charge in [0.05, 0.1) is 10.5 Å². The van der Waals surface area contributed by atoms with Gasteiger partial charge in [-0.2, -0.15) is 4.31 Å². The molecule has 8 nitrogen and oxygen atoms in total. The lowest BCUT2D eigenvalue weighted by atomic mass is 10.1. The van der Waals surface area contributed by atoms with Crippen LogP contribution in [0.2, 0.25) is 0 Å². The summed E-state index contributed by atoms with van der Waals surface area (Å²) in [5.74, 6) is -0.427. The minimum absolute atomic E-state index is 0.0801. The Morgan fingerprint density at radius 3 is 2.07 bits per heavy atom. The van der Waals surface area contributed by atoms with Crippen LogP contribution in [0, 0.1) is 5.92 Å². The van der Waals surface area contributed by atoms with E-state index in [-0.39, 0.29) is 10.5 Å². The fourth-order valence-corrected chi connectivity index (χ4v) is 3.75. The molecule has 0 radical (unpaired) electrons. The molecule has 152 valence electrons. The summed E-state index contributed by atoms with van der Waals surface area (Å²) in [5.41, 5.74) is 7.92. The highest BCUT2D eigenvalue weighted by Crippen LogP contribution is 2.17. The van der Waals surface area contributed by atoms with Crippen LogP contribution in [0.4, 0.5) is 0 Å². The number of sulfonamides is 1. The maximum absolute atomic E-state index is 12.4. The first kappa shape index (κ1) is 24.9. The van der Waals surface area contributed by atoms with Crippen molar-refractivity contribution >= 4 is 16.0 Å². The van der Waals surface area contributed by atoms with Gasteiger partial charge in [-0.25, -0.2) is 13.2 Å². The highest BCUT2D eigenvalue weighted by molar-refractivity contribution is 7.89. The number of rotatable bonds is 10. The molecule has 0 unspecified atom stereocenters. The molecular formula is C18H30N4O4S. The normalized spacial score (nSPS) is 10.9. The van der Waals surface area contributed by atoms with Crippen LogP contribution in [0.1, 0.15) is 57.3 Å². The van der Waals surface area contributed by atoms with Crippen molar-refractivity contribution in [1.82, 2.24) is 4.31 Å². The van der Waals surface area contributed by atoms with E-state index < -0.39 is 16.0 Å². The summed E-state index contributed by atoms with van der Waals surface area (Å²) < 4.78 is 26.2. The minimum atomic E-state index is -3.53. The van der Waals surface area contributed by atoms with E-state index in [1.807, 2.05) is 13.8 Å². The maximum atomic E-state index is 12.4. The van der Waals surface area contributed by atoms with Gasteiger partial charge in [0, 0.05) is 24.5 Å². The summed E-state index contributed by atoms with van der Waals surface area (Å²) in [7, 11) is -3.53. The van der Waals surface area contributed by atoms with E-state index in [1.165, 1.54) is 28.6 Å². The van der Waals surface area contributed by atoms with E-state index in [0.29, 0.717) is 25.6 Å². The summed E-state index contributed by atoms with van der Waals surface area (Å²) in [6.07, 6.45) is 2.48. The summed E-state index contributed by atoms with van der Waals surface area (Å²) in [4.78, 5) is 13.5. The molecule has 9 heteroatoms. The third-order valence-electron chi connectivity index (χ3n) is 3.55. The van der Waals surface area contributed by atoms with E-state index >= 15 is 0 Å². The minimum Gasteiger partial charge on any atom is -0.478 e. The lowest BCUT2D eigenvalue weighted by Gasteiger charge is -2.20. The zero-order valence-electron chi connectivity index (χ0n) is 16.5. The van der Waals surface area contributed by atoms with Crippen LogP contribution in [-0.4, -0.2) is 43.4 Å². The second-order valence-corrected chi connectivity index (χ2v) is 8.31. The van der Waals surface area contributed by atoms with Gasteiger partial charge in [0.1, 0.15) is 0 Å². The molecule has 1 N–H and O–H groups in total. The summed E-state index contributed by atoms with van der Waals surface area (Å²) in [6, 6.07) is 5.31. The number of hydrogen-bond donors (Lipinski definition) is 1. The zero-order chi connectivity index (χ0) is 20.9. The molecule has 27 heavy (non-hydrogen) atoms. The quantitative estimate of drug-likeness (QED) is 0.353. The van der Waals surface area contributed by atoms with Crippen LogP contribution >= 0.6 is 0 Å². The molecule has 1 aromatic carbocycles. The molecule has 0 saturated carbocycles. The van der Waals surface area contributed by atoms with Crippen LogP contribution in [0.15, 0.2) is 34.3 Å². The van der Waals surface area contributed by atoms with E-state index in [9.17, 15) is 13.2 Å². The average molecular weight is 399 g/mol. The van der Waals surface area contributed by atoms with Crippen molar-refractivity contribution in [2.24, 2.45) is 11.0 Å². The lowest BCUT2D eigenvalue weighted by molar-refractivity contribution is 0.0696. The fourth-order valence-electron chi connectivity index (χ4n) is 2.13. The summed E-state index contributed by atoms with van der Waals surface area (Å²) in [5, 5.41) is 12.2. The Morgan fingerprint density at radius 1 is 1.19 bits per heavy atom. The number of azide groups is 1. The van der Waals surface area contributed by atoms with E-state index in [1.54, 1.807) is 0 Å². The van der Waals surface area contributed by atoms with Crippen LogP contribution in [0.5, 0.6) is 0 Å². The first-order valence-corrected chi connectivity index (χ1v) is 10.5. The SMILES string of the molecule is CC(C)CCN=[N+]=[N-].CCCN(CCC)S(=O)(=O)c1ccc(C(=O)O)cc1. The lowest BCUT2D eigenvalue weighted by Crippen LogP contribution is -2.32. The molecule has 0 spiro atoms. The van der Waals surface area contributed by atoms with Crippen LogP contribution < -0.4 is 0 Å². The zero-order valence-corrected chi connectivity index (χ0v) is 17.3. The molecule has 1 rings (SSSR count). The Balaban J connectivity index is 0.000000713. The number of nitrogens with zero attached hydrogens (tertiary/aromatic N) is 4. The van der Waals surface area contributed by atoms with Gasteiger partial charge in [-0.1, -0.05) is 32.8 Å². The van der Waals surface area contributed by atoms with Gasteiger partial charge >= 0.3 is 5.97 Å².